The van der Waals surface area contributed by atoms with E-state index in [0.29, 0.717) is 0 Å². The summed E-state index contributed by atoms with van der Waals surface area (Å²) in [6, 6.07) is 0. The second-order valence-electron chi connectivity index (χ2n) is 3.91. The number of aryl methyl sites for hydroxylation is 1. The Balaban J connectivity index is 2.97. The van der Waals surface area contributed by atoms with Gasteiger partial charge >= 0.3 is 0 Å². The highest BCUT2D eigenvalue weighted by molar-refractivity contribution is 7.91. The predicted molar refractivity (Wildman–Crippen MR) is 67.7 cm³/mol. The molecule has 0 fully saturated rings. The summed E-state index contributed by atoms with van der Waals surface area (Å²) in [5, 5.41) is -0.288. The van der Waals surface area contributed by atoms with E-state index >= 15 is 0 Å². The summed E-state index contributed by atoms with van der Waals surface area (Å²) in [5.41, 5.74) is 0. The topological polar surface area (TPSA) is 89.3 Å². The van der Waals surface area contributed by atoms with E-state index in [1.54, 1.807) is 7.05 Å². The van der Waals surface area contributed by atoms with Crippen molar-refractivity contribution in [2.75, 3.05) is 25.6 Å². The molecule has 1 rings (SSSR count). The van der Waals surface area contributed by atoms with E-state index in [4.69, 9.17) is 11.6 Å². The molecule has 0 bridgehead atoms. The lowest BCUT2D eigenvalue weighted by Gasteiger charge is -2.15. The average molecular weight is 316 g/mol. The van der Waals surface area contributed by atoms with Gasteiger partial charge in [-0.2, -0.15) is 4.31 Å². The molecule has 7 nitrogen and oxygen atoms in total. The van der Waals surface area contributed by atoms with Crippen LogP contribution >= 0.6 is 11.6 Å². The number of hydrogen-bond donors (Lipinski definition) is 0. The van der Waals surface area contributed by atoms with Crippen molar-refractivity contribution >= 4 is 31.5 Å². The third-order valence-electron chi connectivity index (χ3n) is 2.27. The number of nitrogens with zero attached hydrogens (tertiary/aromatic N) is 3. The Morgan fingerprint density at radius 2 is 1.94 bits per heavy atom. The fourth-order valence-electron chi connectivity index (χ4n) is 1.13. The van der Waals surface area contributed by atoms with E-state index in [1.165, 1.54) is 17.9 Å². The lowest BCUT2D eigenvalue weighted by molar-refractivity contribution is 0.482. The van der Waals surface area contributed by atoms with Crippen LogP contribution in [0.3, 0.4) is 0 Å². The van der Waals surface area contributed by atoms with Crippen molar-refractivity contribution < 1.29 is 16.8 Å². The monoisotopic (exact) mass is 315 g/mol. The summed E-state index contributed by atoms with van der Waals surface area (Å²) in [4.78, 5) is 3.70. The van der Waals surface area contributed by atoms with Gasteiger partial charge in [-0.15, -0.1) is 0 Å². The summed E-state index contributed by atoms with van der Waals surface area (Å²) < 4.78 is 48.4. The van der Waals surface area contributed by atoms with Gasteiger partial charge in [0.2, 0.25) is 5.03 Å². The molecule has 0 amide bonds. The highest BCUT2D eigenvalue weighted by atomic mass is 35.5. The summed E-state index contributed by atoms with van der Waals surface area (Å²) in [5.74, 6) is -0.257. The van der Waals surface area contributed by atoms with E-state index in [2.05, 4.69) is 4.98 Å². The van der Waals surface area contributed by atoms with Gasteiger partial charge in [0.05, 0.1) is 12.1 Å². The predicted octanol–water partition coefficient (Wildman–Crippen LogP) is -0.261. The first-order chi connectivity index (χ1) is 8.05. The van der Waals surface area contributed by atoms with Crippen LogP contribution in [-0.2, 0) is 26.9 Å². The van der Waals surface area contributed by atoms with Gasteiger partial charge in [-0.3, -0.25) is 0 Å². The van der Waals surface area contributed by atoms with E-state index in [0.717, 1.165) is 10.6 Å². The van der Waals surface area contributed by atoms with Crippen LogP contribution in [0.25, 0.3) is 0 Å². The fourth-order valence-corrected chi connectivity index (χ4v) is 3.40. The molecule has 0 saturated carbocycles. The normalized spacial score (nSPS) is 13.2. The molecule has 18 heavy (non-hydrogen) atoms. The van der Waals surface area contributed by atoms with E-state index in [9.17, 15) is 16.8 Å². The van der Waals surface area contributed by atoms with Crippen molar-refractivity contribution in [1.29, 1.82) is 0 Å². The van der Waals surface area contributed by atoms with Gasteiger partial charge in [-0.1, -0.05) is 11.6 Å². The molecule has 0 aliphatic carbocycles. The molecule has 10 heteroatoms. The van der Waals surface area contributed by atoms with Crippen LogP contribution in [0, 0.1) is 0 Å². The zero-order valence-electron chi connectivity index (χ0n) is 10.2. The number of imidazole rings is 1. The average Bonchev–Trinajstić information content (AvgIpc) is 2.55. The molecule has 0 unspecified atom stereocenters. The number of hydrogen-bond acceptors (Lipinski definition) is 5. The van der Waals surface area contributed by atoms with Crippen LogP contribution in [-0.4, -0.2) is 56.3 Å². The molecule has 0 radical (unpaired) electrons. The molecular weight excluding hydrogens is 302 g/mol. The molecule has 1 heterocycles. The SMILES string of the molecule is CN(CCS(C)(=O)=O)S(=O)(=O)c1ncn(C)c1Cl. The van der Waals surface area contributed by atoms with Crippen LogP contribution in [0.1, 0.15) is 0 Å². The summed E-state index contributed by atoms with van der Waals surface area (Å²) in [6.07, 6.45) is 2.32. The second kappa shape index (κ2) is 5.16. The zero-order chi connectivity index (χ0) is 14.1. The van der Waals surface area contributed by atoms with E-state index in [1.807, 2.05) is 0 Å². The number of rotatable bonds is 5. The Morgan fingerprint density at radius 1 is 1.39 bits per heavy atom. The molecule has 0 spiro atoms. The maximum Gasteiger partial charge on any atom is 0.263 e. The lowest BCUT2D eigenvalue weighted by Crippen LogP contribution is -2.32. The van der Waals surface area contributed by atoms with Crippen molar-refractivity contribution in [2.45, 2.75) is 5.03 Å². The minimum absolute atomic E-state index is 0.0128. The fraction of sp³-hybridized carbons (Fsp3) is 0.625. The standard InChI is InChI=1S/C8H14ClN3O4S2/c1-11-6-10-8(7(11)9)18(15,16)12(2)4-5-17(3,13)14/h6H,4-5H2,1-3H3. The number of halogens is 1. The Labute approximate surface area is 111 Å². The lowest BCUT2D eigenvalue weighted by atomic mass is 10.8. The van der Waals surface area contributed by atoms with E-state index in [-0.39, 0.29) is 22.5 Å². The van der Waals surface area contributed by atoms with Gasteiger partial charge in [-0.05, 0) is 0 Å². The zero-order valence-corrected chi connectivity index (χ0v) is 12.5. The van der Waals surface area contributed by atoms with Gasteiger partial charge in [0.1, 0.15) is 15.0 Å². The Bertz CT molecular complexity index is 635. The maximum absolute atomic E-state index is 12.1. The molecule has 0 aliphatic heterocycles. The van der Waals surface area contributed by atoms with Crippen LogP contribution in [0.4, 0.5) is 0 Å². The quantitative estimate of drug-likeness (QED) is 0.746. The molecule has 0 N–H and O–H groups in total. The van der Waals surface area contributed by atoms with Gasteiger partial charge in [0.15, 0.2) is 0 Å². The molecule has 0 saturated heterocycles. The van der Waals surface area contributed by atoms with Crippen LogP contribution in [0.5, 0.6) is 0 Å². The number of sulfonamides is 1. The largest absolute Gasteiger partial charge is 0.324 e. The molecule has 0 aliphatic rings. The van der Waals surface area contributed by atoms with Gasteiger partial charge in [-0.25, -0.2) is 21.8 Å². The van der Waals surface area contributed by atoms with E-state index < -0.39 is 19.9 Å². The number of aromatic nitrogens is 2. The molecule has 0 atom stereocenters. The first kappa shape index (κ1) is 15.4. The van der Waals surface area contributed by atoms with Gasteiger partial charge < -0.3 is 4.57 Å². The third kappa shape index (κ3) is 3.44. The van der Waals surface area contributed by atoms with Crippen LogP contribution < -0.4 is 0 Å². The van der Waals surface area contributed by atoms with Crippen LogP contribution in [0.2, 0.25) is 5.15 Å². The Kier molecular flexibility index (Phi) is 4.42. The minimum atomic E-state index is -3.87. The van der Waals surface area contributed by atoms with Crippen molar-refractivity contribution in [3.05, 3.63) is 11.5 Å². The molecular formula is C8H14ClN3O4S2. The van der Waals surface area contributed by atoms with Crippen molar-refractivity contribution in [3.8, 4) is 0 Å². The Hall–Kier alpha value is -0.640. The molecule has 104 valence electrons. The smallest absolute Gasteiger partial charge is 0.263 e. The van der Waals surface area contributed by atoms with Crippen molar-refractivity contribution in [1.82, 2.24) is 13.9 Å². The van der Waals surface area contributed by atoms with Crippen molar-refractivity contribution in [3.63, 3.8) is 0 Å². The van der Waals surface area contributed by atoms with Gasteiger partial charge in [0.25, 0.3) is 10.0 Å². The maximum atomic E-state index is 12.1. The summed E-state index contributed by atoms with van der Waals surface area (Å²) >= 11 is 5.80. The minimum Gasteiger partial charge on any atom is -0.324 e. The third-order valence-corrected chi connectivity index (χ3v) is 5.54. The summed E-state index contributed by atoms with van der Waals surface area (Å²) in [6.45, 7) is -0.145. The summed E-state index contributed by atoms with van der Waals surface area (Å²) in [7, 11) is -4.25. The first-order valence-corrected chi connectivity index (χ1v) is 8.74. The van der Waals surface area contributed by atoms with Crippen LogP contribution in [0.15, 0.2) is 11.4 Å². The molecule has 1 aromatic rings. The van der Waals surface area contributed by atoms with Crippen molar-refractivity contribution in [2.24, 2.45) is 7.05 Å². The highest BCUT2D eigenvalue weighted by Gasteiger charge is 2.27. The highest BCUT2D eigenvalue weighted by Crippen LogP contribution is 2.21. The molecule has 1 aromatic heterocycles. The molecule has 0 aromatic carbocycles. The Morgan fingerprint density at radius 3 is 2.33 bits per heavy atom. The number of sulfone groups is 1. The van der Waals surface area contributed by atoms with Gasteiger partial charge in [0, 0.05) is 26.9 Å². The first-order valence-electron chi connectivity index (χ1n) is 4.86. The second-order valence-corrected chi connectivity index (χ2v) is 8.49.